The van der Waals surface area contributed by atoms with E-state index in [1.54, 1.807) is 0 Å². The molecule has 7 nitrogen and oxygen atoms in total. The molecule has 0 aromatic carbocycles. The third kappa shape index (κ3) is 5.11. The molecule has 4 atom stereocenters. The molecular formula is C23H37N5O2. The summed E-state index contributed by atoms with van der Waals surface area (Å²) in [5.41, 5.74) is 1.11. The van der Waals surface area contributed by atoms with Gasteiger partial charge in [-0.25, -0.2) is 9.97 Å². The van der Waals surface area contributed by atoms with Crippen molar-refractivity contribution in [3.63, 3.8) is 0 Å². The molecule has 30 heavy (non-hydrogen) atoms. The van der Waals surface area contributed by atoms with Crippen molar-refractivity contribution in [2.24, 2.45) is 17.8 Å². The number of hydrogen-bond acceptors (Lipinski definition) is 6. The number of aromatic nitrogens is 2. The minimum Gasteiger partial charge on any atom is -0.480 e. The van der Waals surface area contributed by atoms with Gasteiger partial charge in [0.2, 0.25) is 5.95 Å². The van der Waals surface area contributed by atoms with Crippen LogP contribution in [-0.4, -0.2) is 69.1 Å². The second kappa shape index (κ2) is 9.60. The van der Waals surface area contributed by atoms with Crippen molar-refractivity contribution in [3.05, 3.63) is 18.0 Å². The summed E-state index contributed by atoms with van der Waals surface area (Å²) < 4.78 is 0. The number of carbonyl (C=O) groups is 1. The molecule has 0 aliphatic carbocycles. The van der Waals surface area contributed by atoms with E-state index in [0.717, 1.165) is 41.9 Å². The van der Waals surface area contributed by atoms with Crippen LogP contribution in [0.2, 0.25) is 0 Å². The molecule has 7 heteroatoms. The highest BCUT2D eigenvalue weighted by atomic mass is 16.4. The van der Waals surface area contributed by atoms with Gasteiger partial charge in [-0.2, -0.15) is 0 Å². The van der Waals surface area contributed by atoms with Crippen LogP contribution in [0.5, 0.6) is 0 Å². The number of rotatable bonds is 8. The average molecular weight is 416 g/mol. The number of likely N-dealkylation sites (tertiary alicyclic amines) is 1. The maximum atomic E-state index is 10.7. The summed E-state index contributed by atoms with van der Waals surface area (Å²) in [6.45, 7) is 9.07. The first-order valence-corrected chi connectivity index (χ1v) is 11.7. The van der Waals surface area contributed by atoms with E-state index in [9.17, 15) is 4.79 Å². The van der Waals surface area contributed by atoms with Crippen LogP contribution < -0.4 is 5.32 Å². The monoisotopic (exact) mass is 415 g/mol. The predicted molar refractivity (Wildman–Crippen MR) is 117 cm³/mol. The minimum absolute atomic E-state index is 0.162. The number of nitrogens with one attached hydrogen (secondary N) is 1. The number of hydrogen-bond donors (Lipinski definition) is 2. The van der Waals surface area contributed by atoms with Crippen molar-refractivity contribution in [1.29, 1.82) is 0 Å². The van der Waals surface area contributed by atoms with E-state index < -0.39 is 5.97 Å². The second-order valence-electron chi connectivity index (χ2n) is 9.95. The molecule has 166 valence electrons. The summed E-state index contributed by atoms with van der Waals surface area (Å²) in [6, 6.07) is 1.52. The number of fused-ring (bicyclic) bond motifs is 4. The topological polar surface area (TPSA) is 81.6 Å². The normalized spacial score (nSPS) is 29.6. The first-order chi connectivity index (χ1) is 14.5. The van der Waals surface area contributed by atoms with Gasteiger partial charge in [-0.1, -0.05) is 20.3 Å². The van der Waals surface area contributed by atoms with E-state index in [1.165, 1.54) is 58.2 Å². The van der Waals surface area contributed by atoms with Crippen molar-refractivity contribution in [2.45, 2.75) is 71.0 Å². The number of aliphatic carboxylic acids is 1. The number of nitrogens with zero attached hydrogens (tertiary/aromatic N) is 4. The maximum Gasteiger partial charge on any atom is 0.322 e. The molecule has 3 saturated heterocycles. The number of piperidine rings is 3. The SMILES string of the molecule is CC(C)CC[C@H]1[C@H]2C[C@H](CN(Cc3cnc(NCC(=O)O)nc3)C2)[C@@H]2CCCCN21. The van der Waals surface area contributed by atoms with Crippen LogP contribution in [0.1, 0.15) is 57.9 Å². The summed E-state index contributed by atoms with van der Waals surface area (Å²) in [5.74, 6) is 1.80. The van der Waals surface area contributed by atoms with Gasteiger partial charge in [0.05, 0.1) is 0 Å². The van der Waals surface area contributed by atoms with E-state index in [0.29, 0.717) is 5.95 Å². The Balaban J connectivity index is 1.41. The Kier molecular flexibility index (Phi) is 6.88. The van der Waals surface area contributed by atoms with Gasteiger partial charge in [-0.05, 0) is 56.4 Å². The Labute approximate surface area is 180 Å². The van der Waals surface area contributed by atoms with Gasteiger partial charge in [-0.15, -0.1) is 0 Å². The predicted octanol–water partition coefficient (Wildman–Crippen LogP) is 3.08. The van der Waals surface area contributed by atoms with E-state index in [1.807, 2.05) is 12.4 Å². The van der Waals surface area contributed by atoms with Crippen LogP contribution >= 0.6 is 0 Å². The Bertz CT molecular complexity index is 710. The molecule has 0 saturated carbocycles. The van der Waals surface area contributed by atoms with Gasteiger partial charge in [-0.3, -0.25) is 14.6 Å². The van der Waals surface area contributed by atoms with Crippen molar-refractivity contribution >= 4 is 11.9 Å². The fourth-order valence-electron chi connectivity index (χ4n) is 5.98. The first kappa shape index (κ1) is 21.5. The highest BCUT2D eigenvalue weighted by molar-refractivity contribution is 5.71. The lowest BCUT2D eigenvalue weighted by atomic mass is 9.71. The molecule has 0 radical (unpaired) electrons. The molecule has 0 amide bonds. The zero-order chi connectivity index (χ0) is 21.1. The molecule has 2 bridgehead atoms. The fraction of sp³-hybridized carbons (Fsp3) is 0.783. The molecular weight excluding hydrogens is 378 g/mol. The summed E-state index contributed by atoms with van der Waals surface area (Å²) in [7, 11) is 0. The maximum absolute atomic E-state index is 10.7. The van der Waals surface area contributed by atoms with Crippen molar-refractivity contribution in [1.82, 2.24) is 19.8 Å². The molecule has 0 spiro atoms. The van der Waals surface area contributed by atoms with Gasteiger partial charge < -0.3 is 10.4 Å². The highest BCUT2D eigenvalue weighted by Crippen LogP contribution is 2.43. The summed E-state index contributed by atoms with van der Waals surface area (Å²) >= 11 is 0. The van der Waals surface area contributed by atoms with E-state index in [-0.39, 0.29) is 6.54 Å². The molecule has 2 N–H and O–H groups in total. The number of carboxylic acids is 1. The van der Waals surface area contributed by atoms with Crippen LogP contribution in [0, 0.1) is 17.8 Å². The third-order valence-corrected chi connectivity index (χ3v) is 7.25. The van der Waals surface area contributed by atoms with Gasteiger partial charge in [0.15, 0.2) is 0 Å². The molecule has 1 aromatic heterocycles. The summed E-state index contributed by atoms with van der Waals surface area (Å²) in [5, 5.41) is 11.5. The smallest absolute Gasteiger partial charge is 0.322 e. The molecule has 1 aromatic rings. The van der Waals surface area contributed by atoms with Crippen LogP contribution in [0.3, 0.4) is 0 Å². The quantitative estimate of drug-likeness (QED) is 0.675. The van der Waals surface area contributed by atoms with E-state index in [2.05, 4.69) is 38.9 Å². The lowest BCUT2D eigenvalue weighted by molar-refractivity contribution is -0.134. The zero-order valence-electron chi connectivity index (χ0n) is 18.5. The van der Waals surface area contributed by atoms with Gasteiger partial charge in [0, 0.05) is 49.7 Å². The first-order valence-electron chi connectivity index (χ1n) is 11.7. The number of anilines is 1. The van der Waals surface area contributed by atoms with Gasteiger partial charge in [0.1, 0.15) is 6.54 Å². The largest absolute Gasteiger partial charge is 0.480 e. The molecule has 3 aliphatic heterocycles. The summed E-state index contributed by atoms with van der Waals surface area (Å²) in [6.07, 6.45) is 11.9. The molecule has 4 heterocycles. The molecule has 3 aliphatic rings. The summed E-state index contributed by atoms with van der Waals surface area (Å²) in [4.78, 5) is 24.8. The van der Waals surface area contributed by atoms with Crippen LogP contribution in [0.4, 0.5) is 5.95 Å². The fourth-order valence-corrected chi connectivity index (χ4v) is 5.98. The molecule has 3 fully saturated rings. The van der Waals surface area contributed by atoms with Crippen LogP contribution in [0.15, 0.2) is 12.4 Å². The third-order valence-electron chi connectivity index (χ3n) is 7.25. The van der Waals surface area contributed by atoms with E-state index in [4.69, 9.17) is 5.11 Å². The van der Waals surface area contributed by atoms with Crippen LogP contribution in [0.25, 0.3) is 0 Å². The Morgan fingerprint density at radius 2 is 2.00 bits per heavy atom. The Morgan fingerprint density at radius 3 is 2.73 bits per heavy atom. The Morgan fingerprint density at radius 1 is 1.23 bits per heavy atom. The van der Waals surface area contributed by atoms with Crippen molar-refractivity contribution in [2.75, 3.05) is 31.5 Å². The van der Waals surface area contributed by atoms with Crippen LogP contribution in [-0.2, 0) is 11.3 Å². The number of carboxylic acid groups (broad SMARTS) is 1. The minimum atomic E-state index is -0.911. The standard InChI is InChI=1S/C23H37N5O2/c1-16(2)6-7-21-19-9-18(20-5-3-4-8-28(20)21)14-27(15-19)13-17-10-24-23(25-11-17)26-12-22(29)30/h10-11,16,18-21H,3-9,12-15H2,1-2H3,(H,29,30)(H,24,25,26)/t18-,19+,20+,21+/m1/s1. The van der Waals surface area contributed by atoms with Crippen molar-refractivity contribution in [3.8, 4) is 0 Å². The average Bonchev–Trinajstić information content (AvgIpc) is 2.73. The second-order valence-corrected chi connectivity index (χ2v) is 9.95. The lowest BCUT2D eigenvalue weighted by Crippen LogP contribution is -2.63. The van der Waals surface area contributed by atoms with E-state index >= 15 is 0 Å². The Hall–Kier alpha value is -1.73. The molecule has 0 unspecified atom stereocenters. The van der Waals surface area contributed by atoms with Crippen molar-refractivity contribution < 1.29 is 9.90 Å². The zero-order valence-corrected chi connectivity index (χ0v) is 18.5. The lowest BCUT2D eigenvalue weighted by Gasteiger charge is -2.57. The van der Waals surface area contributed by atoms with Gasteiger partial charge in [0.25, 0.3) is 0 Å². The molecule has 4 rings (SSSR count). The van der Waals surface area contributed by atoms with Gasteiger partial charge >= 0.3 is 5.97 Å². The highest BCUT2D eigenvalue weighted by Gasteiger charge is 2.46.